The van der Waals surface area contributed by atoms with Gasteiger partial charge < -0.3 is 15.4 Å². The molecule has 5 heteroatoms. The molecule has 0 saturated heterocycles. The molecule has 0 atom stereocenters. The number of benzene rings is 1. The van der Waals surface area contributed by atoms with Crippen LogP contribution in [0.3, 0.4) is 0 Å². The summed E-state index contributed by atoms with van der Waals surface area (Å²) in [5.74, 6) is 0.662. The van der Waals surface area contributed by atoms with Crippen molar-refractivity contribution in [3.8, 4) is 0 Å². The highest BCUT2D eigenvalue weighted by atomic mass is 19.1. The normalized spacial score (nSPS) is 16.2. The van der Waals surface area contributed by atoms with Gasteiger partial charge in [-0.25, -0.2) is 4.39 Å². The molecule has 4 nitrogen and oxygen atoms in total. The van der Waals surface area contributed by atoms with Crippen LogP contribution in [0, 0.1) is 5.82 Å². The van der Waals surface area contributed by atoms with Gasteiger partial charge in [0.05, 0.1) is 6.54 Å². The summed E-state index contributed by atoms with van der Waals surface area (Å²) in [6, 6.07) is 6.85. The first-order valence-corrected chi connectivity index (χ1v) is 8.56. The predicted molar refractivity (Wildman–Crippen MR) is 92.4 cm³/mol. The van der Waals surface area contributed by atoms with Crippen LogP contribution in [0.1, 0.15) is 38.7 Å². The smallest absolute Gasteiger partial charge is 0.191 e. The molecule has 0 unspecified atom stereocenters. The second kappa shape index (κ2) is 8.87. The lowest BCUT2D eigenvalue weighted by atomic mass is 9.96. The van der Waals surface area contributed by atoms with E-state index in [0.717, 1.165) is 58.1 Å². The summed E-state index contributed by atoms with van der Waals surface area (Å²) in [5, 5.41) is 6.61. The van der Waals surface area contributed by atoms with Crippen LogP contribution in [-0.2, 0) is 10.2 Å². The lowest BCUT2D eigenvalue weighted by Gasteiger charge is -2.16. The van der Waals surface area contributed by atoms with Crippen LogP contribution in [0.4, 0.5) is 4.39 Å². The van der Waals surface area contributed by atoms with E-state index in [1.807, 2.05) is 19.1 Å². The SMILES string of the molecule is CCNC(=NCC1(c2ccc(F)cc2)CC1)NCCCOCC. The van der Waals surface area contributed by atoms with Gasteiger partial charge in [-0.1, -0.05) is 12.1 Å². The minimum absolute atomic E-state index is 0.0986. The largest absolute Gasteiger partial charge is 0.382 e. The molecule has 1 aliphatic carbocycles. The van der Waals surface area contributed by atoms with Crippen LogP contribution in [0.5, 0.6) is 0 Å². The van der Waals surface area contributed by atoms with Gasteiger partial charge in [-0.2, -0.15) is 0 Å². The molecule has 1 aliphatic rings. The van der Waals surface area contributed by atoms with E-state index >= 15 is 0 Å². The Morgan fingerprint density at radius 1 is 1.22 bits per heavy atom. The third-order valence-corrected chi connectivity index (χ3v) is 4.16. The van der Waals surface area contributed by atoms with Crippen LogP contribution in [0.2, 0.25) is 0 Å². The number of hydrogen-bond donors (Lipinski definition) is 2. The molecule has 2 rings (SSSR count). The predicted octanol–water partition coefficient (Wildman–Crippen LogP) is 2.84. The summed E-state index contributed by atoms with van der Waals surface area (Å²) in [5.41, 5.74) is 1.29. The Hall–Kier alpha value is -1.62. The van der Waals surface area contributed by atoms with E-state index in [-0.39, 0.29) is 11.2 Å². The van der Waals surface area contributed by atoms with Gasteiger partial charge in [0.15, 0.2) is 5.96 Å². The summed E-state index contributed by atoms with van der Waals surface area (Å²) in [7, 11) is 0. The number of nitrogens with zero attached hydrogens (tertiary/aromatic N) is 1. The first kappa shape index (κ1) is 17.7. The van der Waals surface area contributed by atoms with Crippen molar-refractivity contribution in [1.82, 2.24) is 10.6 Å². The van der Waals surface area contributed by atoms with Crippen molar-refractivity contribution in [2.45, 2.75) is 38.5 Å². The summed E-state index contributed by atoms with van der Waals surface area (Å²) in [6.07, 6.45) is 3.19. The van der Waals surface area contributed by atoms with Crippen molar-refractivity contribution in [3.05, 3.63) is 35.6 Å². The number of hydrogen-bond acceptors (Lipinski definition) is 2. The van der Waals surface area contributed by atoms with Gasteiger partial charge in [-0.15, -0.1) is 0 Å². The van der Waals surface area contributed by atoms with Gasteiger partial charge in [-0.05, 0) is 50.8 Å². The highest BCUT2D eigenvalue weighted by Gasteiger charge is 2.44. The van der Waals surface area contributed by atoms with Crippen molar-refractivity contribution >= 4 is 5.96 Å². The molecule has 0 spiro atoms. The Morgan fingerprint density at radius 2 is 1.96 bits per heavy atom. The fourth-order valence-electron chi connectivity index (χ4n) is 2.59. The van der Waals surface area contributed by atoms with Gasteiger partial charge in [0.1, 0.15) is 5.82 Å². The van der Waals surface area contributed by atoms with Crippen molar-refractivity contribution in [2.75, 3.05) is 32.8 Å². The van der Waals surface area contributed by atoms with Crippen LogP contribution in [0.15, 0.2) is 29.3 Å². The zero-order chi connectivity index (χ0) is 16.5. The zero-order valence-corrected chi connectivity index (χ0v) is 14.2. The van der Waals surface area contributed by atoms with Crippen LogP contribution < -0.4 is 10.6 Å². The molecule has 0 amide bonds. The molecule has 1 saturated carbocycles. The fraction of sp³-hybridized carbons (Fsp3) is 0.611. The van der Waals surface area contributed by atoms with E-state index < -0.39 is 0 Å². The first-order chi connectivity index (χ1) is 11.2. The molecule has 0 aliphatic heterocycles. The minimum atomic E-state index is -0.183. The van der Waals surface area contributed by atoms with E-state index in [2.05, 4.69) is 17.6 Å². The van der Waals surface area contributed by atoms with Gasteiger partial charge in [0.2, 0.25) is 0 Å². The van der Waals surface area contributed by atoms with E-state index in [9.17, 15) is 4.39 Å². The molecular weight excluding hydrogens is 293 g/mol. The monoisotopic (exact) mass is 321 g/mol. The van der Waals surface area contributed by atoms with E-state index in [1.165, 1.54) is 17.7 Å². The van der Waals surface area contributed by atoms with E-state index in [1.54, 1.807) is 0 Å². The molecule has 0 bridgehead atoms. The first-order valence-electron chi connectivity index (χ1n) is 8.56. The van der Waals surface area contributed by atoms with E-state index in [4.69, 9.17) is 9.73 Å². The van der Waals surface area contributed by atoms with Gasteiger partial charge in [0.25, 0.3) is 0 Å². The summed E-state index contributed by atoms with van der Waals surface area (Å²) in [4.78, 5) is 4.72. The average Bonchev–Trinajstić information content (AvgIpc) is 3.34. The van der Waals surface area contributed by atoms with Gasteiger partial charge in [-0.3, -0.25) is 4.99 Å². The molecule has 1 aromatic rings. The number of nitrogens with one attached hydrogen (secondary N) is 2. The quantitative estimate of drug-likeness (QED) is 0.418. The Kier molecular flexibility index (Phi) is 6.84. The molecule has 23 heavy (non-hydrogen) atoms. The molecule has 0 aromatic heterocycles. The van der Waals surface area contributed by atoms with E-state index in [0.29, 0.717) is 0 Å². The van der Waals surface area contributed by atoms with Crippen LogP contribution in [-0.4, -0.2) is 38.8 Å². The number of guanidine groups is 1. The second-order valence-electron chi connectivity index (χ2n) is 5.96. The second-order valence-corrected chi connectivity index (χ2v) is 5.96. The lowest BCUT2D eigenvalue weighted by molar-refractivity contribution is 0.145. The minimum Gasteiger partial charge on any atom is -0.382 e. The average molecular weight is 321 g/mol. The van der Waals surface area contributed by atoms with Crippen molar-refractivity contribution < 1.29 is 9.13 Å². The molecule has 2 N–H and O–H groups in total. The van der Waals surface area contributed by atoms with Crippen molar-refractivity contribution in [2.24, 2.45) is 4.99 Å². The Morgan fingerprint density at radius 3 is 2.57 bits per heavy atom. The summed E-state index contributed by atoms with van der Waals surface area (Å²) in [6.45, 7) is 8.00. The van der Waals surface area contributed by atoms with Gasteiger partial charge >= 0.3 is 0 Å². The fourth-order valence-corrected chi connectivity index (χ4v) is 2.59. The zero-order valence-electron chi connectivity index (χ0n) is 14.2. The third-order valence-electron chi connectivity index (χ3n) is 4.16. The van der Waals surface area contributed by atoms with Crippen molar-refractivity contribution in [3.63, 3.8) is 0 Å². The number of rotatable bonds is 9. The maximum absolute atomic E-state index is 13.1. The number of halogens is 1. The van der Waals surface area contributed by atoms with Crippen LogP contribution in [0.25, 0.3) is 0 Å². The topological polar surface area (TPSA) is 45.7 Å². The Labute approximate surface area is 138 Å². The molecule has 1 fully saturated rings. The Bertz CT molecular complexity index is 497. The molecule has 0 radical (unpaired) electrons. The number of aliphatic imine (C=N–C) groups is 1. The maximum atomic E-state index is 13.1. The molecular formula is C18H28FN3O. The Balaban J connectivity index is 1.87. The highest BCUT2D eigenvalue weighted by molar-refractivity contribution is 5.79. The molecule has 1 aromatic carbocycles. The third kappa shape index (κ3) is 5.50. The van der Waals surface area contributed by atoms with Crippen molar-refractivity contribution in [1.29, 1.82) is 0 Å². The maximum Gasteiger partial charge on any atom is 0.191 e. The standard InChI is InChI=1S/C18H28FN3O/c1-3-20-17(21-12-5-13-23-4-2)22-14-18(10-11-18)15-6-8-16(19)9-7-15/h6-9H,3-5,10-14H2,1-2H3,(H2,20,21,22). The summed E-state index contributed by atoms with van der Waals surface area (Å²) < 4.78 is 18.4. The van der Waals surface area contributed by atoms with Gasteiger partial charge in [0, 0.05) is 31.7 Å². The van der Waals surface area contributed by atoms with Crippen LogP contribution >= 0.6 is 0 Å². The molecule has 0 heterocycles. The molecule has 128 valence electrons. The number of ether oxygens (including phenoxy) is 1. The summed E-state index contributed by atoms with van der Waals surface area (Å²) >= 11 is 0. The lowest BCUT2D eigenvalue weighted by Crippen LogP contribution is -2.38. The highest BCUT2D eigenvalue weighted by Crippen LogP contribution is 2.48.